The number of aliphatic hydroxyl groups excluding tert-OH is 1. The molecule has 1 fully saturated rings. The molecule has 210 valence electrons. The molecule has 6 rings (SSSR count). The number of ketones is 1. The maximum absolute atomic E-state index is 13.4. The van der Waals surface area contributed by atoms with Crippen molar-refractivity contribution in [3.8, 4) is 11.1 Å². The molecule has 1 amide bonds. The van der Waals surface area contributed by atoms with E-state index in [9.17, 15) is 41.0 Å². The Hall–Kier alpha value is -4.54. The summed E-state index contributed by atoms with van der Waals surface area (Å²) in [5.41, 5.74) is -0.647. The Bertz CT molecular complexity index is 1730. The van der Waals surface area contributed by atoms with Gasteiger partial charge in [-0.25, -0.2) is 0 Å². The number of nitrogens with one attached hydrogen (secondary N) is 1. The fraction of sp³-hybridized carbons (Fsp3) is 0.200. The van der Waals surface area contributed by atoms with Gasteiger partial charge >= 0.3 is 12.4 Å². The smallest absolute Gasteiger partial charge is 0.416 e. The Morgan fingerprint density at radius 3 is 2.07 bits per heavy atom. The molecule has 0 aliphatic carbocycles. The first kappa shape index (κ1) is 26.7. The molecule has 0 bridgehead atoms. The molecule has 3 heterocycles. The molecule has 1 aromatic heterocycles. The van der Waals surface area contributed by atoms with E-state index in [0.29, 0.717) is 23.4 Å². The third-order valence-electron chi connectivity index (χ3n) is 7.64. The molecule has 2 aliphatic heterocycles. The molecule has 0 unspecified atom stereocenters. The summed E-state index contributed by atoms with van der Waals surface area (Å²) in [6.07, 6.45) is -9.77. The summed E-state index contributed by atoms with van der Waals surface area (Å²) in [4.78, 5) is 31.3. The molecule has 2 aliphatic rings. The minimum absolute atomic E-state index is 0.0711. The van der Waals surface area contributed by atoms with E-state index in [2.05, 4.69) is 4.98 Å². The maximum atomic E-state index is 13.4. The molecule has 5 nitrogen and oxygen atoms in total. The number of carbonyl (C=O) groups is 2. The standard InChI is InChI=1S/C30H20F6N2O3/c1-14(39)24-27(40)23-13-21-20-4-2-3-5-22(20)37-25(21)26(38(23)28(24)41)16-8-6-15(7-9-16)17-10-18(29(31,32)33)12-19(11-17)30(34,35)36/h2-12,23,26,37,39H,13H2,1H3/b24-14-/t23-,26+/m0/s1. The van der Waals surface area contributed by atoms with Gasteiger partial charge in [-0.3, -0.25) is 9.59 Å². The average molecular weight is 570 g/mol. The number of hydrogen-bond donors (Lipinski definition) is 2. The van der Waals surface area contributed by atoms with Crippen LogP contribution in [0.4, 0.5) is 26.3 Å². The van der Waals surface area contributed by atoms with Gasteiger partial charge in [0.1, 0.15) is 17.4 Å². The number of amides is 1. The number of nitrogens with zero attached hydrogens (tertiary/aromatic N) is 1. The van der Waals surface area contributed by atoms with Crippen LogP contribution < -0.4 is 0 Å². The summed E-state index contributed by atoms with van der Waals surface area (Å²) in [6, 6.07) is 12.8. The molecule has 3 aromatic carbocycles. The van der Waals surface area contributed by atoms with E-state index in [-0.39, 0.29) is 29.2 Å². The van der Waals surface area contributed by atoms with E-state index >= 15 is 0 Å². The summed E-state index contributed by atoms with van der Waals surface area (Å²) in [5.74, 6) is -1.58. The Labute approximate surface area is 228 Å². The van der Waals surface area contributed by atoms with Crippen molar-refractivity contribution in [2.24, 2.45) is 0 Å². The van der Waals surface area contributed by atoms with Crippen molar-refractivity contribution in [2.45, 2.75) is 37.8 Å². The minimum atomic E-state index is -4.99. The molecular weight excluding hydrogens is 550 g/mol. The van der Waals surface area contributed by atoms with Crippen LogP contribution >= 0.6 is 0 Å². The van der Waals surface area contributed by atoms with Crippen molar-refractivity contribution in [3.05, 3.63) is 106 Å². The van der Waals surface area contributed by atoms with Gasteiger partial charge in [0.15, 0.2) is 5.78 Å². The number of halogens is 6. The van der Waals surface area contributed by atoms with Crippen molar-refractivity contribution >= 4 is 22.6 Å². The van der Waals surface area contributed by atoms with Gasteiger partial charge in [0.05, 0.1) is 17.2 Å². The SMILES string of the molecule is C/C(O)=C1\C(=O)[C@@H]2Cc3c([nH]c4ccccc34)[C@@H](c3ccc(-c4cc(C(F)(F)F)cc(C(F)(F)F)c4)cc3)N2C1=O. The number of para-hydroxylation sites is 1. The van der Waals surface area contributed by atoms with Crippen molar-refractivity contribution < 1.29 is 41.0 Å². The highest BCUT2D eigenvalue weighted by Crippen LogP contribution is 2.46. The highest BCUT2D eigenvalue weighted by Gasteiger charge is 2.52. The predicted octanol–water partition coefficient (Wildman–Crippen LogP) is 7.13. The largest absolute Gasteiger partial charge is 0.512 e. The molecule has 0 saturated carbocycles. The molecular formula is C30H20F6N2O3. The van der Waals surface area contributed by atoms with Crippen molar-refractivity contribution in [1.82, 2.24) is 9.88 Å². The van der Waals surface area contributed by atoms with Gasteiger partial charge in [-0.15, -0.1) is 0 Å². The van der Waals surface area contributed by atoms with Crippen LogP contribution in [0, 0.1) is 0 Å². The Kier molecular flexibility index (Phi) is 5.84. The summed E-state index contributed by atoms with van der Waals surface area (Å²) in [6.45, 7) is 1.26. The van der Waals surface area contributed by atoms with Gasteiger partial charge in [-0.05, 0) is 53.4 Å². The number of Topliss-reactive ketones (excluding diaryl/α,β-unsaturated/α-hetero) is 1. The van der Waals surface area contributed by atoms with Crippen LogP contribution in [0.1, 0.15) is 40.9 Å². The summed E-state index contributed by atoms with van der Waals surface area (Å²) < 4.78 is 80.5. The Balaban J connectivity index is 1.49. The van der Waals surface area contributed by atoms with Crippen molar-refractivity contribution in [2.75, 3.05) is 0 Å². The average Bonchev–Trinajstić information content (AvgIpc) is 3.40. The number of aromatic nitrogens is 1. The normalized spacial score (nSPS) is 20.4. The third-order valence-corrected chi connectivity index (χ3v) is 7.64. The quantitative estimate of drug-likeness (QED) is 0.117. The van der Waals surface area contributed by atoms with E-state index in [1.165, 1.54) is 36.1 Å². The molecule has 0 spiro atoms. The summed E-state index contributed by atoms with van der Waals surface area (Å²) in [7, 11) is 0. The van der Waals surface area contributed by atoms with Crippen LogP contribution in [0.25, 0.3) is 22.0 Å². The zero-order valence-electron chi connectivity index (χ0n) is 21.2. The fourth-order valence-corrected chi connectivity index (χ4v) is 5.80. The minimum Gasteiger partial charge on any atom is -0.512 e. The number of aliphatic hydroxyl groups is 1. The number of fused-ring (bicyclic) bond motifs is 4. The van der Waals surface area contributed by atoms with E-state index in [4.69, 9.17) is 0 Å². The van der Waals surface area contributed by atoms with E-state index < -0.39 is 53.0 Å². The van der Waals surface area contributed by atoms with Crippen LogP contribution in [0.5, 0.6) is 0 Å². The lowest BCUT2D eigenvalue weighted by Crippen LogP contribution is -2.44. The van der Waals surface area contributed by atoms with Gasteiger partial charge in [-0.1, -0.05) is 42.5 Å². The second-order valence-corrected chi connectivity index (χ2v) is 10.1. The van der Waals surface area contributed by atoms with Crippen molar-refractivity contribution in [1.29, 1.82) is 0 Å². The number of allylic oxidation sites excluding steroid dienone is 1. The third kappa shape index (κ3) is 4.27. The van der Waals surface area contributed by atoms with Crippen LogP contribution in [0.15, 0.2) is 78.1 Å². The van der Waals surface area contributed by atoms with Crippen molar-refractivity contribution in [3.63, 3.8) is 0 Å². The number of rotatable bonds is 2. The van der Waals surface area contributed by atoms with Crippen LogP contribution in [-0.2, 0) is 28.4 Å². The number of H-pyrrole nitrogens is 1. The lowest BCUT2D eigenvalue weighted by atomic mass is 9.88. The first-order chi connectivity index (χ1) is 19.3. The lowest BCUT2D eigenvalue weighted by molar-refractivity contribution is -0.143. The first-order valence-electron chi connectivity index (χ1n) is 12.5. The molecule has 1 saturated heterocycles. The second-order valence-electron chi connectivity index (χ2n) is 10.1. The molecule has 11 heteroatoms. The number of alkyl halides is 6. The molecule has 0 radical (unpaired) electrons. The predicted molar refractivity (Wildman–Crippen MR) is 137 cm³/mol. The van der Waals surface area contributed by atoms with E-state index in [1.54, 1.807) is 0 Å². The number of carbonyl (C=O) groups excluding carboxylic acids is 2. The molecule has 2 N–H and O–H groups in total. The van der Waals surface area contributed by atoms with E-state index in [1.807, 2.05) is 24.3 Å². The Morgan fingerprint density at radius 1 is 0.878 bits per heavy atom. The summed E-state index contributed by atoms with van der Waals surface area (Å²) in [5, 5.41) is 11.0. The monoisotopic (exact) mass is 570 g/mol. The van der Waals surface area contributed by atoms with Crippen LogP contribution in [-0.4, -0.2) is 32.7 Å². The van der Waals surface area contributed by atoms with Crippen LogP contribution in [0.3, 0.4) is 0 Å². The van der Waals surface area contributed by atoms with Gasteiger partial charge in [0, 0.05) is 23.0 Å². The van der Waals surface area contributed by atoms with E-state index in [0.717, 1.165) is 16.5 Å². The zero-order chi connectivity index (χ0) is 29.4. The topological polar surface area (TPSA) is 73.4 Å². The molecule has 2 atom stereocenters. The zero-order valence-corrected chi connectivity index (χ0v) is 21.2. The number of aromatic amines is 1. The Morgan fingerprint density at radius 2 is 1.49 bits per heavy atom. The number of benzene rings is 3. The van der Waals surface area contributed by atoms with Gasteiger partial charge in [-0.2, -0.15) is 26.3 Å². The maximum Gasteiger partial charge on any atom is 0.416 e. The fourth-order valence-electron chi connectivity index (χ4n) is 5.80. The molecule has 4 aromatic rings. The van der Waals surface area contributed by atoms with Gasteiger partial charge in [0.2, 0.25) is 0 Å². The highest BCUT2D eigenvalue weighted by molar-refractivity contribution is 6.27. The first-order valence-corrected chi connectivity index (χ1v) is 12.5. The van der Waals surface area contributed by atoms with Gasteiger partial charge in [0.25, 0.3) is 5.91 Å². The molecule has 41 heavy (non-hydrogen) atoms. The highest BCUT2D eigenvalue weighted by atomic mass is 19.4. The van der Waals surface area contributed by atoms with Crippen LogP contribution in [0.2, 0.25) is 0 Å². The number of hydrogen-bond acceptors (Lipinski definition) is 3. The second kappa shape index (κ2) is 8.98. The lowest BCUT2D eigenvalue weighted by Gasteiger charge is -2.37. The van der Waals surface area contributed by atoms with Gasteiger partial charge < -0.3 is 15.0 Å². The summed E-state index contributed by atoms with van der Waals surface area (Å²) >= 11 is 0.